The fourth-order valence-corrected chi connectivity index (χ4v) is 3.99. The topological polar surface area (TPSA) is 17.1 Å². The Morgan fingerprint density at radius 1 is 1.18 bits per heavy atom. The van der Waals surface area contributed by atoms with Gasteiger partial charge in [0.25, 0.3) is 0 Å². The molecular formula is C9H18OSi. The summed E-state index contributed by atoms with van der Waals surface area (Å²) in [6.07, 6.45) is 0. The van der Waals surface area contributed by atoms with E-state index in [-0.39, 0.29) is 5.41 Å². The fourth-order valence-electron chi connectivity index (χ4n) is 1.43. The predicted molar refractivity (Wildman–Crippen MR) is 52.0 cm³/mol. The third-order valence-corrected chi connectivity index (χ3v) is 3.95. The molecule has 0 heterocycles. The van der Waals surface area contributed by atoms with Crippen LogP contribution >= 0.6 is 0 Å². The van der Waals surface area contributed by atoms with Crippen LogP contribution in [0.2, 0.25) is 19.6 Å². The van der Waals surface area contributed by atoms with Crippen molar-refractivity contribution in [3.63, 3.8) is 0 Å². The van der Waals surface area contributed by atoms with Gasteiger partial charge in [-0.3, -0.25) is 0 Å². The molecule has 0 atom stereocenters. The Labute approximate surface area is 70.5 Å². The number of allylic oxidation sites excluding steroid dienone is 1. The zero-order chi connectivity index (χ0) is 9.28. The van der Waals surface area contributed by atoms with Crippen LogP contribution < -0.4 is 0 Å². The van der Waals surface area contributed by atoms with E-state index in [4.69, 9.17) is 0 Å². The van der Waals surface area contributed by atoms with E-state index >= 15 is 0 Å². The van der Waals surface area contributed by atoms with Gasteiger partial charge in [-0.05, 0) is 5.41 Å². The first-order valence-electron chi connectivity index (χ1n) is 3.95. The summed E-state index contributed by atoms with van der Waals surface area (Å²) >= 11 is 0. The molecular weight excluding hydrogens is 152 g/mol. The Bertz CT molecular complexity index is 171. The van der Waals surface area contributed by atoms with Crippen molar-refractivity contribution in [2.24, 2.45) is 5.41 Å². The molecule has 0 aliphatic carbocycles. The molecule has 11 heavy (non-hydrogen) atoms. The number of hydrogen-bond acceptors (Lipinski definition) is 1. The van der Waals surface area contributed by atoms with Crippen LogP contribution in [0.4, 0.5) is 0 Å². The van der Waals surface area contributed by atoms with Gasteiger partial charge in [-0.1, -0.05) is 40.4 Å². The maximum absolute atomic E-state index is 10.7. The van der Waals surface area contributed by atoms with Crippen molar-refractivity contribution in [1.29, 1.82) is 0 Å². The molecule has 0 spiro atoms. The summed E-state index contributed by atoms with van der Waals surface area (Å²) in [5.74, 6) is 2.11. The van der Waals surface area contributed by atoms with E-state index in [0.29, 0.717) is 0 Å². The second-order valence-electron chi connectivity index (χ2n) is 4.98. The maximum atomic E-state index is 10.7. The van der Waals surface area contributed by atoms with Crippen molar-refractivity contribution >= 4 is 14.0 Å². The molecule has 2 heteroatoms. The highest BCUT2D eigenvalue weighted by molar-refractivity contribution is 6.84. The predicted octanol–water partition coefficient (Wildman–Crippen LogP) is 2.67. The number of carbonyl (C=O) groups excluding carboxylic acids is 1. The standard InChI is InChI=1S/C9H18OSi/c1-9(2,3)8(7-10)11(4,5)6/h1-6H3. The monoisotopic (exact) mass is 170 g/mol. The van der Waals surface area contributed by atoms with E-state index in [1.165, 1.54) is 0 Å². The average molecular weight is 170 g/mol. The minimum Gasteiger partial charge on any atom is -0.234 e. The van der Waals surface area contributed by atoms with Crippen LogP contribution in [0.3, 0.4) is 0 Å². The summed E-state index contributed by atoms with van der Waals surface area (Å²) in [5, 5.41) is 0.991. The Kier molecular flexibility index (Phi) is 2.87. The number of hydrogen-bond donors (Lipinski definition) is 0. The minimum absolute atomic E-state index is 0.00617. The lowest BCUT2D eigenvalue weighted by atomic mass is 9.97. The smallest absolute Gasteiger partial charge is 0.119 e. The third-order valence-electron chi connectivity index (χ3n) is 1.60. The van der Waals surface area contributed by atoms with E-state index < -0.39 is 8.07 Å². The molecule has 0 rings (SSSR count). The van der Waals surface area contributed by atoms with E-state index in [1.807, 2.05) is 0 Å². The second kappa shape index (κ2) is 2.96. The lowest BCUT2D eigenvalue weighted by molar-refractivity contribution is 0.515. The highest BCUT2D eigenvalue weighted by Crippen LogP contribution is 2.30. The van der Waals surface area contributed by atoms with Crippen molar-refractivity contribution < 1.29 is 4.79 Å². The zero-order valence-corrected chi connectivity index (χ0v) is 9.41. The largest absolute Gasteiger partial charge is 0.234 e. The fraction of sp³-hybridized carbons (Fsp3) is 0.778. The average Bonchev–Trinajstić information content (AvgIpc) is 1.56. The first-order chi connectivity index (χ1) is 4.69. The van der Waals surface area contributed by atoms with Crippen LogP contribution in [0.1, 0.15) is 20.8 Å². The van der Waals surface area contributed by atoms with Crippen molar-refractivity contribution in [2.45, 2.75) is 40.4 Å². The minimum atomic E-state index is -1.43. The van der Waals surface area contributed by atoms with Gasteiger partial charge in [0.2, 0.25) is 0 Å². The molecule has 1 nitrogen and oxygen atoms in total. The summed E-state index contributed by atoms with van der Waals surface area (Å²) in [5.41, 5.74) is 0.00617. The zero-order valence-electron chi connectivity index (χ0n) is 8.41. The molecule has 64 valence electrons. The van der Waals surface area contributed by atoms with Crippen molar-refractivity contribution in [1.82, 2.24) is 0 Å². The first-order valence-corrected chi connectivity index (χ1v) is 7.45. The van der Waals surface area contributed by atoms with E-state index in [1.54, 1.807) is 0 Å². The van der Waals surface area contributed by atoms with Gasteiger partial charge >= 0.3 is 0 Å². The summed E-state index contributed by atoms with van der Waals surface area (Å²) in [7, 11) is -1.43. The molecule has 0 saturated carbocycles. The highest BCUT2D eigenvalue weighted by Gasteiger charge is 2.30. The van der Waals surface area contributed by atoms with Crippen molar-refractivity contribution in [2.75, 3.05) is 0 Å². The van der Waals surface area contributed by atoms with Crippen molar-refractivity contribution in [3.05, 3.63) is 5.20 Å². The molecule has 0 aromatic rings. The summed E-state index contributed by atoms with van der Waals surface area (Å²) in [6.45, 7) is 12.8. The molecule has 0 bridgehead atoms. The molecule has 0 aliphatic heterocycles. The molecule has 0 aromatic heterocycles. The van der Waals surface area contributed by atoms with Gasteiger partial charge in [-0.25, -0.2) is 4.79 Å². The van der Waals surface area contributed by atoms with Crippen LogP contribution in [-0.2, 0) is 4.79 Å². The van der Waals surface area contributed by atoms with Crippen LogP contribution in [-0.4, -0.2) is 14.0 Å². The Morgan fingerprint density at radius 3 is 1.55 bits per heavy atom. The normalized spacial score (nSPS) is 12.5. The molecule has 0 radical (unpaired) electrons. The quantitative estimate of drug-likeness (QED) is 0.437. The van der Waals surface area contributed by atoms with Gasteiger partial charge in [0.05, 0.1) is 8.07 Å². The lowest BCUT2D eigenvalue weighted by Gasteiger charge is -2.28. The maximum Gasteiger partial charge on any atom is 0.119 e. The Balaban J connectivity index is 4.90. The van der Waals surface area contributed by atoms with Gasteiger partial charge in [0.15, 0.2) is 0 Å². The summed E-state index contributed by atoms with van der Waals surface area (Å²) in [6, 6.07) is 0. The first kappa shape index (κ1) is 10.7. The van der Waals surface area contributed by atoms with Gasteiger partial charge in [-0.15, -0.1) is 0 Å². The van der Waals surface area contributed by atoms with Gasteiger partial charge in [0, 0.05) is 5.20 Å². The lowest BCUT2D eigenvalue weighted by Crippen LogP contribution is -2.32. The van der Waals surface area contributed by atoms with Gasteiger partial charge < -0.3 is 0 Å². The second-order valence-corrected chi connectivity index (χ2v) is 9.98. The molecule has 0 N–H and O–H groups in total. The molecule has 0 fully saturated rings. The third kappa shape index (κ3) is 3.04. The van der Waals surface area contributed by atoms with E-state index in [2.05, 4.69) is 46.4 Å². The summed E-state index contributed by atoms with van der Waals surface area (Å²) < 4.78 is 0. The summed E-state index contributed by atoms with van der Waals surface area (Å²) in [4.78, 5) is 10.7. The molecule has 0 amide bonds. The van der Waals surface area contributed by atoms with Crippen LogP contribution in [0.25, 0.3) is 0 Å². The van der Waals surface area contributed by atoms with E-state index in [0.717, 1.165) is 5.20 Å². The van der Waals surface area contributed by atoms with Crippen LogP contribution in [0, 0.1) is 5.41 Å². The Morgan fingerprint density at radius 2 is 1.55 bits per heavy atom. The molecule has 0 aliphatic rings. The Hall–Kier alpha value is -0.333. The van der Waals surface area contributed by atoms with Crippen molar-refractivity contribution in [3.8, 4) is 0 Å². The highest BCUT2D eigenvalue weighted by atomic mass is 28.3. The molecule has 0 saturated heterocycles. The van der Waals surface area contributed by atoms with Gasteiger partial charge in [0.1, 0.15) is 5.94 Å². The van der Waals surface area contributed by atoms with Gasteiger partial charge in [-0.2, -0.15) is 0 Å². The van der Waals surface area contributed by atoms with Crippen LogP contribution in [0.15, 0.2) is 5.20 Å². The van der Waals surface area contributed by atoms with E-state index in [9.17, 15) is 4.79 Å². The molecule has 0 unspecified atom stereocenters. The molecule has 0 aromatic carbocycles. The number of rotatable bonds is 1. The van der Waals surface area contributed by atoms with Crippen LogP contribution in [0.5, 0.6) is 0 Å². The SMILES string of the molecule is CC(C)(C)C(=C=O)[Si](C)(C)C.